The van der Waals surface area contributed by atoms with E-state index in [1.807, 2.05) is 6.92 Å². The minimum Gasteiger partial charge on any atom is -0.464 e. The summed E-state index contributed by atoms with van der Waals surface area (Å²) < 4.78 is 9.99. The largest absolute Gasteiger partial charge is 0.464 e. The first-order valence-corrected chi connectivity index (χ1v) is 5.63. The first-order valence-electron chi connectivity index (χ1n) is 5.63. The summed E-state index contributed by atoms with van der Waals surface area (Å²) in [4.78, 5) is 11.1. The van der Waals surface area contributed by atoms with Crippen molar-refractivity contribution < 1.29 is 19.4 Å². The minimum atomic E-state index is -0.308. The summed E-state index contributed by atoms with van der Waals surface area (Å²) in [6.45, 7) is 2.82. The molecular weight excluding hydrogens is 196 g/mol. The van der Waals surface area contributed by atoms with E-state index in [1.165, 1.54) is 0 Å². The average molecular weight is 216 g/mol. The lowest BCUT2D eigenvalue weighted by Crippen LogP contribution is -2.25. The molecule has 0 heterocycles. The smallest absolute Gasteiger partial charge is 0.332 e. The molecule has 0 aliphatic heterocycles. The van der Waals surface area contributed by atoms with Gasteiger partial charge >= 0.3 is 5.97 Å². The van der Waals surface area contributed by atoms with Crippen molar-refractivity contribution in [3.8, 4) is 0 Å². The van der Waals surface area contributed by atoms with E-state index in [0.29, 0.717) is 19.1 Å². The Balaban J connectivity index is 2.10. The van der Waals surface area contributed by atoms with Gasteiger partial charge in [0.05, 0.1) is 12.7 Å². The molecule has 2 unspecified atom stereocenters. The Labute approximate surface area is 90.6 Å². The van der Waals surface area contributed by atoms with E-state index in [2.05, 4.69) is 0 Å². The van der Waals surface area contributed by atoms with Gasteiger partial charge in [-0.15, -0.1) is 0 Å². The number of ether oxygens (including phenoxy) is 2. The average Bonchev–Trinajstić information content (AvgIpc) is 2.23. The highest BCUT2D eigenvalue weighted by Gasteiger charge is 2.21. The maximum absolute atomic E-state index is 11.1. The van der Waals surface area contributed by atoms with E-state index in [9.17, 15) is 9.90 Å². The molecule has 15 heavy (non-hydrogen) atoms. The third kappa shape index (κ3) is 5.14. The zero-order valence-corrected chi connectivity index (χ0v) is 9.28. The van der Waals surface area contributed by atoms with E-state index in [1.54, 1.807) is 0 Å². The zero-order chi connectivity index (χ0) is 11.1. The molecule has 1 N–H and O–H groups in total. The molecule has 1 fully saturated rings. The quantitative estimate of drug-likeness (QED) is 0.700. The molecule has 0 bridgehead atoms. The van der Waals surface area contributed by atoms with Gasteiger partial charge in [-0.2, -0.15) is 0 Å². The van der Waals surface area contributed by atoms with Crippen molar-refractivity contribution in [1.82, 2.24) is 0 Å². The molecule has 4 heteroatoms. The number of aliphatic hydroxyl groups is 1. The Morgan fingerprint density at radius 2 is 2.27 bits per heavy atom. The highest BCUT2D eigenvalue weighted by atomic mass is 16.6. The van der Waals surface area contributed by atoms with Crippen LogP contribution in [0.25, 0.3) is 0 Å². The Hall–Kier alpha value is -0.610. The fourth-order valence-electron chi connectivity index (χ4n) is 1.85. The van der Waals surface area contributed by atoms with E-state index in [0.717, 1.165) is 25.7 Å². The summed E-state index contributed by atoms with van der Waals surface area (Å²) >= 11 is 0. The van der Waals surface area contributed by atoms with Crippen molar-refractivity contribution in [2.24, 2.45) is 5.92 Å². The van der Waals surface area contributed by atoms with Crippen LogP contribution in [0.2, 0.25) is 0 Å². The molecule has 4 nitrogen and oxygen atoms in total. The van der Waals surface area contributed by atoms with E-state index < -0.39 is 0 Å². The van der Waals surface area contributed by atoms with Gasteiger partial charge < -0.3 is 14.6 Å². The molecule has 0 aromatic carbocycles. The van der Waals surface area contributed by atoms with E-state index in [-0.39, 0.29) is 18.7 Å². The number of hydrogen-bond acceptors (Lipinski definition) is 4. The molecule has 88 valence electrons. The van der Waals surface area contributed by atoms with Crippen LogP contribution in [0.15, 0.2) is 0 Å². The summed E-state index contributed by atoms with van der Waals surface area (Å²) in [5.74, 6) is 0.0104. The van der Waals surface area contributed by atoms with Crippen LogP contribution >= 0.6 is 0 Å². The Morgan fingerprint density at radius 3 is 2.93 bits per heavy atom. The third-order valence-electron chi connectivity index (χ3n) is 2.66. The highest BCUT2D eigenvalue weighted by Crippen LogP contribution is 2.24. The van der Waals surface area contributed by atoms with Gasteiger partial charge in [0.2, 0.25) is 0 Å². The first-order chi connectivity index (χ1) is 7.22. The lowest BCUT2D eigenvalue weighted by atomic mass is 9.88. The van der Waals surface area contributed by atoms with Crippen LogP contribution < -0.4 is 0 Å². The monoisotopic (exact) mass is 216 g/mol. The van der Waals surface area contributed by atoms with Crippen molar-refractivity contribution in [2.75, 3.05) is 19.8 Å². The number of aliphatic hydroxyl groups excluding tert-OH is 1. The van der Waals surface area contributed by atoms with Crippen LogP contribution in [-0.4, -0.2) is 37.0 Å². The van der Waals surface area contributed by atoms with Gasteiger partial charge in [0.15, 0.2) is 0 Å². The third-order valence-corrected chi connectivity index (χ3v) is 2.66. The van der Waals surface area contributed by atoms with Crippen molar-refractivity contribution in [3.63, 3.8) is 0 Å². The van der Waals surface area contributed by atoms with Gasteiger partial charge in [0.1, 0.15) is 6.61 Å². The van der Waals surface area contributed by atoms with Crippen LogP contribution in [0, 0.1) is 5.92 Å². The van der Waals surface area contributed by atoms with Crippen LogP contribution in [0.1, 0.15) is 32.6 Å². The lowest BCUT2D eigenvalue weighted by Gasteiger charge is -2.25. The molecule has 0 aromatic rings. The van der Waals surface area contributed by atoms with Crippen LogP contribution in [-0.2, 0) is 14.3 Å². The number of rotatable bonds is 5. The molecule has 1 rings (SSSR count). The molecule has 0 aromatic heterocycles. The molecule has 0 saturated heterocycles. The van der Waals surface area contributed by atoms with Crippen molar-refractivity contribution in [1.29, 1.82) is 0 Å². The molecule has 0 amide bonds. The van der Waals surface area contributed by atoms with Crippen molar-refractivity contribution in [3.05, 3.63) is 0 Å². The molecule has 0 radical (unpaired) electrons. The molecule has 2 atom stereocenters. The first kappa shape index (κ1) is 12.5. The SMILES string of the molecule is CCOCC(=O)OCC1CCCC(O)C1. The molecule has 0 spiro atoms. The Bertz CT molecular complexity index is 193. The fraction of sp³-hybridized carbons (Fsp3) is 0.909. The highest BCUT2D eigenvalue weighted by molar-refractivity contribution is 5.70. The second-order valence-corrected chi connectivity index (χ2v) is 4.01. The van der Waals surface area contributed by atoms with Crippen LogP contribution in [0.4, 0.5) is 0 Å². The standard InChI is InChI=1S/C11H20O4/c1-2-14-8-11(13)15-7-9-4-3-5-10(12)6-9/h9-10,12H,2-8H2,1H3. The second kappa shape index (κ2) is 6.80. The number of carbonyl (C=O) groups is 1. The number of esters is 1. The van der Waals surface area contributed by atoms with Crippen LogP contribution in [0.5, 0.6) is 0 Å². The summed E-state index contributed by atoms with van der Waals surface area (Å²) in [5.41, 5.74) is 0. The fourth-order valence-corrected chi connectivity index (χ4v) is 1.85. The Morgan fingerprint density at radius 1 is 1.47 bits per heavy atom. The second-order valence-electron chi connectivity index (χ2n) is 4.01. The molecule has 1 aliphatic carbocycles. The van der Waals surface area contributed by atoms with Gasteiger partial charge in [0.25, 0.3) is 0 Å². The number of hydrogen-bond donors (Lipinski definition) is 1. The van der Waals surface area contributed by atoms with E-state index >= 15 is 0 Å². The van der Waals surface area contributed by atoms with Gasteiger partial charge in [-0.1, -0.05) is 6.42 Å². The Kier molecular flexibility index (Phi) is 5.65. The molecule has 1 saturated carbocycles. The van der Waals surface area contributed by atoms with Gasteiger partial charge in [-0.05, 0) is 32.1 Å². The van der Waals surface area contributed by atoms with Gasteiger partial charge in [-0.3, -0.25) is 0 Å². The summed E-state index contributed by atoms with van der Waals surface area (Å²) in [5, 5.41) is 9.42. The van der Waals surface area contributed by atoms with Gasteiger partial charge in [0, 0.05) is 6.61 Å². The summed E-state index contributed by atoms with van der Waals surface area (Å²) in [6.07, 6.45) is 3.48. The van der Waals surface area contributed by atoms with Crippen molar-refractivity contribution in [2.45, 2.75) is 38.7 Å². The van der Waals surface area contributed by atoms with Crippen LogP contribution in [0.3, 0.4) is 0 Å². The maximum atomic E-state index is 11.1. The van der Waals surface area contributed by atoms with E-state index in [4.69, 9.17) is 9.47 Å². The lowest BCUT2D eigenvalue weighted by molar-refractivity contribution is -0.150. The predicted octanol–water partition coefficient (Wildman–Crippen LogP) is 1.12. The minimum absolute atomic E-state index is 0.0335. The topological polar surface area (TPSA) is 55.8 Å². The summed E-state index contributed by atoms with van der Waals surface area (Å²) in [7, 11) is 0. The maximum Gasteiger partial charge on any atom is 0.332 e. The summed E-state index contributed by atoms with van der Waals surface area (Å²) in [6, 6.07) is 0. The normalized spacial score (nSPS) is 26.3. The van der Waals surface area contributed by atoms with Crippen molar-refractivity contribution >= 4 is 5.97 Å². The number of carbonyl (C=O) groups excluding carboxylic acids is 1. The predicted molar refractivity (Wildman–Crippen MR) is 55.4 cm³/mol. The molecular formula is C11H20O4. The van der Waals surface area contributed by atoms with Gasteiger partial charge in [-0.25, -0.2) is 4.79 Å². The zero-order valence-electron chi connectivity index (χ0n) is 9.28. The molecule has 1 aliphatic rings.